The summed E-state index contributed by atoms with van der Waals surface area (Å²) in [7, 11) is 0. The lowest BCUT2D eigenvalue weighted by Gasteiger charge is -2.14. The Balaban J connectivity index is 1.50. The topological polar surface area (TPSA) is 26.3 Å². The van der Waals surface area contributed by atoms with Crippen LogP contribution in [0, 0.1) is 11.8 Å². The van der Waals surface area contributed by atoms with E-state index in [2.05, 4.69) is 0 Å². The first-order valence-electron chi connectivity index (χ1n) is 8.33. The summed E-state index contributed by atoms with van der Waals surface area (Å²) in [6.07, 6.45) is 8.87. The van der Waals surface area contributed by atoms with Gasteiger partial charge in [-0.2, -0.15) is 0 Å². The van der Waals surface area contributed by atoms with Crippen molar-refractivity contribution < 1.29 is 9.53 Å². The lowest BCUT2D eigenvalue weighted by molar-refractivity contribution is 0.0384. The molecule has 1 aromatic carbocycles. The molecule has 2 heteroatoms. The van der Waals surface area contributed by atoms with Crippen LogP contribution in [0.2, 0.25) is 0 Å². The van der Waals surface area contributed by atoms with E-state index in [1.807, 2.05) is 30.3 Å². The zero-order chi connectivity index (χ0) is 14.2. The first-order valence-corrected chi connectivity index (χ1v) is 8.33. The van der Waals surface area contributed by atoms with Crippen LogP contribution in [0.4, 0.5) is 0 Å². The summed E-state index contributed by atoms with van der Waals surface area (Å²) in [5.41, 5.74) is 3.83. The van der Waals surface area contributed by atoms with Crippen molar-refractivity contribution in [3.63, 3.8) is 0 Å². The van der Waals surface area contributed by atoms with Crippen LogP contribution in [0.3, 0.4) is 0 Å². The van der Waals surface area contributed by atoms with Crippen LogP contribution in [0.15, 0.2) is 41.5 Å². The second-order valence-corrected chi connectivity index (χ2v) is 6.63. The Hall–Kier alpha value is -1.57. The van der Waals surface area contributed by atoms with Crippen LogP contribution in [-0.2, 0) is 4.74 Å². The van der Waals surface area contributed by atoms with Crippen LogP contribution in [0.5, 0.6) is 0 Å². The highest BCUT2D eigenvalue weighted by molar-refractivity contribution is 5.89. The van der Waals surface area contributed by atoms with Crippen LogP contribution in [0.1, 0.15) is 55.3 Å². The molecule has 3 aliphatic carbocycles. The molecule has 0 radical (unpaired) electrons. The fourth-order valence-corrected chi connectivity index (χ4v) is 4.34. The van der Waals surface area contributed by atoms with Crippen LogP contribution < -0.4 is 0 Å². The fraction of sp³-hybridized carbons (Fsp3) is 0.526. The van der Waals surface area contributed by atoms with Crippen LogP contribution in [-0.4, -0.2) is 12.1 Å². The summed E-state index contributed by atoms with van der Waals surface area (Å²) in [6, 6.07) is 9.37. The predicted octanol–water partition coefficient (Wildman–Crippen LogP) is 4.51. The lowest BCUT2D eigenvalue weighted by Crippen LogP contribution is -2.17. The van der Waals surface area contributed by atoms with E-state index in [-0.39, 0.29) is 12.1 Å². The molecule has 3 atom stereocenters. The third-order valence-corrected chi connectivity index (χ3v) is 5.39. The Kier molecular flexibility index (Phi) is 3.33. The SMILES string of the molecule is O=C(OC1CCCC1=C1C2CCCCC12)c1ccccc1. The van der Waals surface area contributed by atoms with Gasteiger partial charge in [0.1, 0.15) is 6.10 Å². The summed E-state index contributed by atoms with van der Waals surface area (Å²) in [5.74, 6) is 1.51. The summed E-state index contributed by atoms with van der Waals surface area (Å²) in [6.45, 7) is 0. The van der Waals surface area contributed by atoms with E-state index in [9.17, 15) is 4.79 Å². The Morgan fingerprint density at radius 2 is 1.67 bits per heavy atom. The van der Waals surface area contributed by atoms with Crippen molar-refractivity contribution in [1.29, 1.82) is 0 Å². The summed E-state index contributed by atoms with van der Waals surface area (Å²) in [5, 5.41) is 0. The van der Waals surface area contributed by atoms with Gasteiger partial charge in [0.2, 0.25) is 0 Å². The van der Waals surface area contributed by atoms with Gasteiger partial charge in [0.25, 0.3) is 0 Å². The van der Waals surface area contributed by atoms with Gasteiger partial charge >= 0.3 is 5.97 Å². The Morgan fingerprint density at radius 1 is 0.952 bits per heavy atom. The normalized spacial score (nSPS) is 31.0. The van der Waals surface area contributed by atoms with Gasteiger partial charge in [0, 0.05) is 0 Å². The molecule has 0 saturated heterocycles. The minimum absolute atomic E-state index is 0.0540. The van der Waals surface area contributed by atoms with Gasteiger partial charge in [-0.15, -0.1) is 0 Å². The van der Waals surface area contributed by atoms with Crippen molar-refractivity contribution in [3.8, 4) is 0 Å². The lowest BCUT2D eigenvalue weighted by atomic mass is 10.0. The maximum absolute atomic E-state index is 12.3. The van der Waals surface area contributed by atoms with E-state index in [0.717, 1.165) is 24.7 Å². The smallest absolute Gasteiger partial charge is 0.338 e. The number of carbonyl (C=O) groups excluding carboxylic acids is 1. The number of hydrogen-bond donors (Lipinski definition) is 0. The van der Waals surface area contributed by atoms with E-state index in [4.69, 9.17) is 4.74 Å². The molecule has 0 bridgehead atoms. The largest absolute Gasteiger partial charge is 0.454 e. The second-order valence-electron chi connectivity index (χ2n) is 6.63. The van der Waals surface area contributed by atoms with Crippen molar-refractivity contribution >= 4 is 5.97 Å². The molecule has 1 aromatic rings. The van der Waals surface area contributed by atoms with Crippen molar-refractivity contribution in [2.75, 3.05) is 0 Å². The number of fused-ring (bicyclic) bond motifs is 1. The van der Waals surface area contributed by atoms with E-state index in [0.29, 0.717) is 5.56 Å². The zero-order valence-corrected chi connectivity index (χ0v) is 12.4. The number of benzene rings is 1. The molecule has 0 heterocycles. The monoisotopic (exact) mass is 282 g/mol. The fourth-order valence-electron chi connectivity index (χ4n) is 4.34. The molecule has 3 saturated carbocycles. The van der Waals surface area contributed by atoms with Crippen LogP contribution >= 0.6 is 0 Å². The Bertz CT molecular complexity index is 558. The quantitative estimate of drug-likeness (QED) is 0.589. The third kappa shape index (κ3) is 2.41. The molecule has 0 N–H and O–H groups in total. The van der Waals surface area contributed by atoms with Gasteiger partial charge in [-0.05, 0) is 61.6 Å². The minimum atomic E-state index is -0.163. The third-order valence-electron chi connectivity index (χ3n) is 5.39. The summed E-state index contributed by atoms with van der Waals surface area (Å²) >= 11 is 0. The van der Waals surface area contributed by atoms with Gasteiger partial charge in [-0.1, -0.05) is 36.6 Å². The first-order chi connectivity index (χ1) is 10.3. The standard InChI is InChI=1S/C19H22O2/c20-19(13-7-2-1-3-8-13)21-17-12-6-11-16(17)18-14-9-4-5-10-15(14)18/h1-3,7-8,14-15,17H,4-6,9-12H2. The van der Waals surface area contributed by atoms with Gasteiger partial charge in [-0.3, -0.25) is 0 Å². The number of carbonyl (C=O) groups is 1. The highest BCUT2D eigenvalue weighted by Gasteiger charge is 2.48. The molecule has 3 unspecified atom stereocenters. The van der Waals surface area contributed by atoms with Crippen LogP contribution in [0.25, 0.3) is 0 Å². The molecule has 110 valence electrons. The summed E-state index contributed by atoms with van der Waals surface area (Å²) in [4.78, 5) is 12.3. The van der Waals surface area contributed by atoms with Gasteiger partial charge in [-0.25, -0.2) is 4.79 Å². The molecule has 0 amide bonds. The molecular weight excluding hydrogens is 260 g/mol. The molecule has 2 nitrogen and oxygen atoms in total. The molecule has 3 fully saturated rings. The van der Waals surface area contributed by atoms with Gasteiger partial charge in [0.05, 0.1) is 5.56 Å². The summed E-state index contributed by atoms with van der Waals surface area (Å²) < 4.78 is 5.82. The van der Waals surface area contributed by atoms with Gasteiger partial charge in [0.15, 0.2) is 0 Å². The zero-order valence-electron chi connectivity index (χ0n) is 12.4. The van der Waals surface area contributed by atoms with E-state index < -0.39 is 0 Å². The number of allylic oxidation sites excluding steroid dienone is 1. The Morgan fingerprint density at radius 3 is 2.38 bits per heavy atom. The second kappa shape index (κ2) is 5.32. The van der Waals surface area contributed by atoms with Crippen molar-refractivity contribution in [2.24, 2.45) is 11.8 Å². The highest BCUT2D eigenvalue weighted by atomic mass is 16.5. The molecular formula is C19H22O2. The average Bonchev–Trinajstić information content (AvgIpc) is 3.09. The highest BCUT2D eigenvalue weighted by Crippen LogP contribution is 2.58. The molecule has 3 aliphatic rings. The number of ether oxygens (including phenoxy) is 1. The first kappa shape index (κ1) is 13.1. The maximum atomic E-state index is 12.3. The molecule has 0 aromatic heterocycles. The maximum Gasteiger partial charge on any atom is 0.338 e. The van der Waals surface area contributed by atoms with E-state index in [1.165, 1.54) is 37.7 Å². The molecule has 4 rings (SSSR count). The van der Waals surface area contributed by atoms with Crippen molar-refractivity contribution in [2.45, 2.75) is 51.0 Å². The average molecular weight is 282 g/mol. The van der Waals surface area contributed by atoms with Crippen molar-refractivity contribution in [1.82, 2.24) is 0 Å². The number of esters is 1. The minimum Gasteiger partial charge on any atom is -0.454 e. The van der Waals surface area contributed by atoms with E-state index in [1.54, 1.807) is 5.57 Å². The number of hydrogen-bond acceptors (Lipinski definition) is 2. The predicted molar refractivity (Wildman–Crippen MR) is 82.0 cm³/mol. The van der Waals surface area contributed by atoms with E-state index >= 15 is 0 Å². The number of rotatable bonds is 2. The molecule has 21 heavy (non-hydrogen) atoms. The molecule has 0 spiro atoms. The van der Waals surface area contributed by atoms with Crippen molar-refractivity contribution in [3.05, 3.63) is 47.0 Å². The molecule has 0 aliphatic heterocycles. The van der Waals surface area contributed by atoms with Gasteiger partial charge < -0.3 is 4.74 Å². The Labute approximate surface area is 126 Å².